The SMILES string of the molecule is CC(N)Cc1ccc(N2CCC3(CCCC3)CC2)cc1Br. The lowest BCUT2D eigenvalue weighted by Gasteiger charge is -2.40. The fourth-order valence-corrected chi connectivity index (χ4v) is 4.64. The van der Waals surface area contributed by atoms with E-state index in [0.29, 0.717) is 5.41 Å². The number of hydrogen-bond donors (Lipinski definition) is 1. The molecule has 1 saturated carbocycles. The Balaban J connectivity index is 1.66. The van der Waals surface area contributed by atoms with Gasteiger partial charge in [0.25, 0.3) is 0 Å². The van der Waals surface area contributed by atoms with Gasteiger partial charge in [0, 0.05) is 29.3 Å². The first-order valence-corrected chi connectivity index (χ1v) is 9.16. The third-order valence-electron chi connectivity index (χ3n) is 5.43. The van der Waals surface area contributed by atoms with Crippen LogP contribution in [0, 0.1) is 5.41 Å². The normalized spacial score (nSPS) is 22.7. The first-order chi connectivity index (χ1) is 10.1. The van der Waals surface area contributed by atoms with Crippen LogP contribution in [0.3, 0.4) is 0 Å². The third kappa shape index (κ3) is 3.45. The highest BCUT2D eigenvalue weighted by Gasteiger charge is 2.36. The Hall–Kier alpha value is -0.540. The first kappa shape index (κ1) is 15.4. The smallest absolute Gasteiger partial charge is 0.0377 e. The Bertz CT molecular complexity index is 482. The molecule has 2 nitrogen and oxygen atoms in total. The lowest BCUT2D eigenvalue weighted by molar-refractivity contribution is 0.226. The zero-order valence-electron chi connectivity index (χ0n) is 13.1. The molecule has 1 aromatic carbocycles. The van der Waals surface area contributed by atoms with Gasteiger partial charge in [-0.2, -0.15) is 0 Å². The molecule has 0 aromatic heterocycles. The van der Waals surface area contributed by atoms with E-state index in [-0.39, 0.29) is 6.04 Å². The summed E-state index contributed by atoms with van der Waals surface area (Å²) < 4.78 is 1.21. The molecular formula is C18H27BrN2. The molecule has 1 aliphatic carbocycles. The predicted molar refractivity (Wildman–Crippen MR) is 93.8 cm³/mol. The van der Waals surface area contributed by atoms with E-state index in [1.807, 2.05) is 0 Å². The largest absolute Gasteiger partial charge is 0.371 e. The summed E-state index contributed by atoms with van der Waals surface area (Å²) in [5.41, 5.74) is 9.29. The summed E-state index contributed by atoms with van der Waals surface area (Å²) in [4.78, 5) is 2.56. The molecule has 1 saturated heterocycles. The molecule has 2 aliphatic rings. The zero-order valence-corrected chi connectivity index (χ0v) is 14.7. The lowest BCUT2D eigenvalue weighted by Crippen LogP contribution is -2.38. The lowest BCUT2D eigenvalue weighted by atomic mass is 9.77. The molecule has 21 heavy (non-hydrogen) atoms. The van der Waals surface area contributed by atoms with Crippen LogP contribution in [0.1, 0.15) is 51.0 Å². The minimum Gasteiger partial charge on any atom is -0.371 e. The molecule has 0 radical (unpaired) electrons. The van der Waals surface area contributed by atoms with Gasteiger partial charge in [0.05, 0.1) is 0 Å². The van der Waals surface area contributed by atoms with Crippen molar-refractivity contribution in [3.63, 3.8) is 0 Å². The van der Waals surface area contributed by atoms with Crippen LogP contribution in [0.15, 0.2) is 22.7 Å². The van der Waals surface area contributed by atoms with Crippen molar-refractivity contribution in [3.8, 4) is 0 Å². The summed E-state index contributed by atoms with van der Waals surface area (Å²) in [6, 6.07) is 7.01. The van der Waals surface area contributed by atoms with Gasteiger partial charge in [-0.05, 0) is 62.1 Å². The van der Waals surface area contributed by atoms with Crippen LogP contribution in [0.25, 0.3) is 0 Å². The van der Waals surface area contributed by atoms with Gasteiger partial charge in [-0.1, -0.05) is 34.8 Å². The van der Waals surface area contributed by atoms with Gasteiger partial charge in [-0.3, -0.25) is 0 Å². The van der Waals surface area contributed by atoms with Crippen molar-refractivity contribution in [2.75, 3.05) is 18.0 Å². The van der Waals surface area contributed by atoms with E-state index in [1.165, 1.54) is 67.3 Å². The Morgan fingerprint density at radius 3 is 2.43 bits per heavy atom. The summed E-state index contributed by atoms with van der Waals surface area (Å²) in [5, 5.41) is 0. The molecule has 1 heterocycles. The van der Waals surface area contributed by atoms with Crippen molar-refractivity contribution in [2.45, 2.75) is 57.9 Å². The van der Waals surface area contributed by atoms with Crippen LogP contribution < -0.4 is 10.6 Å². The second-order valence-corrected chi connectivity index (χ2v) is 8.01. The Labute approximate surface area is 137 Å². The number of rotatable bonds is 3. The molecular weight excluding hydrogens is 324 g/mol. The van der Waals surface area contributed by atoms with Crippen LogP contribution in [-0.2, 0) is 6.42 Å². The Kier molecular flexibility index (Phi) is 4.60. The monoisotopic (exact) mass is 350 g/mol. The summed E-state index contributed by atoms with van der Waals surface area (Å²) in [7, 11) is 0. The van der Waals surface area contributed by atoms with Crippen LogP contribution >= 0.6 is 15.9 Å². The van der Waals surface area contributed by atoms with E-state index in [9.17, 15) is 0 Å². The van der Waals surface area contributed by atoms with Crippen LogP contribution in [-0.4, -0.2) is 19.1 Å². The molecule has 1 aliphatic heterocycles. The quantitative estimate of drug-likeness (QED) is 0.869. The highest BCUT2D eigenvalue weighted by atomic mass is 79.9. The molecule has 0 amide bonds. The van der Waals surface area contributed by atoms with Gasteiger partial charge in [0.1, 0.15) is 0 Å². The molecule has 1 aromatic rings. The van der Waals surface area contributed by atoms with Crippen LogP contribution in [0.4, 0.5) is 5.69 Å². The van der Waals surface area contributed by atoms with E-state index >= 15 is 0 Å². The van der Waals surface area contributed by atoms with Crippen molar-refractivity contribution in [1.82, 2.24) is 0 Å². The van der Waals surface area contributed by atoms with Gasteiger partial charge in [0.2, 0.25) is 0 Å². The Morgan fingerprint density at radius 2 is 1.86 bits per heavy atom. The molecule has 0 bridgehead atoms. The number of hydrogen-bond acceptors (Lipinski definition) is 2. The molecule has 1 atom stereocenters. The fourth-order valence-electron chi connectivity index (χ4n) is 4.11. The minimum absolute atomic E-state index is 0.212. The number of piperidine rings is 1. The molecule has 1 unspecified atom stereocenters. The molecule has 2 fully saturated rings. The molecule has 1 spiro atoms. The molecule has 2 N–H and O–H groups in total. The van der Waals surface area contributed by atoms with E-state index in [4.69, 9.17) is 5.73 Å². The van der Waals surface area contributed by atoms with E-state index in [2.05, 4.69) is 46.0 Å². The highest BCUT2D eigenvalue weighted by Crippen LogP contribution is 2.46. The van der Waals surface area contributed by atoms with Crippen molar-refractivity contribution in [1.29, 1.82) is 0 Å². The maximum absolute atomic E-state index is 5.91. The van der Waals surface area contributed by atoms with Gasteiger partial charge in [-0.15, -0.1) is 0 Å². The molecule has 3 heteroatoms. The van der Waals surface area contributed by atoms with Crippen molar-refractivity contribution < 1.29 is 0 Å². The number of benzene rings is 1. The number of anilines is 1. The second-order valence-electron chi connectivity index (χ2n) is 7.15. The van der Waals surface area contributed by atoms with E-state index in [0.717, 1.165) is 6.42 Å². The zero-order chi connectivity index (χ0) is 14.9. The average Bonchev–Trinajstić information content (AvgIpc) is 2.90. The summed E-state index contributed by atoms with van der Waals surface area (Å²) in [5.74, 6) is 0. The van der Waals surface area contributed by atoms with Crippen molar-refractivity contribution in [2.24, 2.45) is 11.1 Å². The number of halogens is 1. The number of nitrogens with zero attached hydrogens (tertiary/aromatic N) is 1. The molecule has 116 valence electrons. The predicted octanol–water partition coefficient (Wildman–Crippen LogP) is 4.50. The average molecular weight is 351 g/mol. The second kappa shape index (κ2) is 6.29. The van der Waals surface area contributed by atoms with E-state index in [1.54, 1.807) is 0 Å². The van der Waals surface area contributed by atoms with Crippen LogP contribution in [0.2, 0.25) is 0 Å². The van der Waals surface area contributed by atoms with E-state index < -0.39 is 0 Å². The first-order valence-electron chi connectivity index (χ1n) is 8.37. The summed E-state index contributed by atoms with van der Waals surface area (Å²) in [6.07, 6.45) is 9.55. The third-order valence-corrected chi connectivity index (χ3v) is 6.17. The van der Waals surface area contributed by atoms with Crippen LogP contribution in [0.5, 0.6) is 0 Å². The minimum atomic E-state index is 0.212. The topological polar surface area (TPSA) is 29.3 Å². The fraction of sp³-hybridized carbons (Fsp3) is 0.667. The standard InChI is InChI=1S/C18H27BrN2/c1-14(20)12-15-4-5-16(13-17(15)19)21-10-8-18(9-11-21)6-2-3-7-18/h4-5,13-14H,2-3,6-12,20H2,1H3. The molecule has 3 rings (SSSR count). The maximum atomic E-state index is 5.91. The van der Waals surface area contributed by atoms with Gasteiger partial charge < -0.3 is 10.6 Å². The summed E-state index contributed by atoms with van der Waals surface area (Å²) in [6.45, 7) is 4.50. The van der Waals surface area contributed by atoms with Gasteiger partial charge >= 0.3 is 0 Å². The van der Waals surface area contributed by atoms with Crippen molar-refractivity contribution >= 4 is 21.6 Å². The Morgan fingerprint density at radius 1 is 1.19 bits per heavy atom. The highest BCUT2D eigenvalue weighted by molar-refractivity contribution is 9.10. The van der Waals surface area contributed by atoms with Gasteiger partial charge in [0.15, 0.2) is 0 Å². The van der Waals surface area contributed by atoms with Gasteiger partial charge in [-0.25, -0.2) is 0 Å². The maximum Gasteiger partial charge on any atom is 0.0377 e. The number of nitrogens with two attached hydrogens (primary N) is 1. The van der Waals surface area contributed by atoms with Crippen molar-refractivity contribution in [3.05, 3.63) is 28.2 Å². The summed E-state index contributed by atoms with van der Waals surface area (Å²) >= 11 is 3.72.